The van der Waals surface area contributed by atoms with Gasteiger partial charge in [-0.25, -0.2) is 8.42 Å². The Morgan fingerprint density at radius 2 is 1.76 bits per heavy atom. The minimum atomic E-state index is -3.91. The zero-order chi connectivity index (χ0) is 19.3. The highest BCUT2D eigenvalue weighted by molar-refractivity contribution is 9.10. The largest absolute Gasteiger partial charge is 0.459 e. The summed E-state index contributed by atoms with van der Waals surface area (Å²) in [6.07, 6.45) is 0.0737. The Hall–Kier alpha value is -1.45. The number of carbonyl (C=O) groups is 2. The van der Waals surface area contributed by atoms with E-state index in [-0.39, 0.29) is 23.8 Å². The van der Waals surface area contributed by atoms with Crippen molar-refractivity contribution in [1.82, 2.24) is 10.0 Å². The van der Waals surface area contributed by atoms with Crippen LogP contribution >= 0.6 is 15.9 Å². The summed E-state index contributed by atoms with van der Waals surface area (Å²) in [5.41, 5.74) is -0.758. The molecule has 0 aliphatic heterocycles. The van der Waals surface area contributed by atoms with Gasteiger partial charge >= 0.3 is 5.97 Å². The molecule has 0 heterocycles. The van der Waals surface area contributed by atoms with Crippen LogP contribution in [0.25, 0.3) is 0 Å². The van der Waals surface area contributed by atoms with E-state index in [0.717, 1.165) is 4.47 Å². The smallest absolute Gasteiger partial charge is 0.324 e. The van der Waals surface area contributed by atoms with Gasteiger partial charge in [0.15, 0.2) is 0 Å². The standard InChI is InChI=1S/C16H23BrN2O5S/c1-11(20)18-10-9-14(15(21)24-16(2,3)4)19-25(22,23)13-7-5-12(17)6-8-13/h5-8,14,19H,9-10H2,1-4H3,(H,18,20)/t14-/m1/s1. The van der Waals surface area contributed by atoms with Crippen LogP contribution in [0.2, 0.25) is 0 Å². The van der Waals surface area contributed by atoms with Crippen LogP contribution in [0, 0.1) is 0 Å². The SMILES string of the molecule is CC(=O)NCC[C@@H](NS(=O)(=O)c1ccc(Br)cc1)C(=O)OC(C)(C)C. The first-order valence-electron chi connectivity index (χ1n) is 7.66. The first-order valence-corrected chi connectivity index (χ1v) is 9.93. The van der Waals surface area contributed by atoms with Crippen molar-refractivity contribution >= 4 is 37.8 Å². The molecule has 7 nitrogen and oxygen atoms in total. The summed E-state index contributed by atoms with van der Waals surface area (Å²) in [5.74, 6) is -0.961. The van der Waals surface area contributed by atoms with E-state index < -0.39 is 27.6 Å². The maximum atomic E-state index is 12.5. The van der Waals surface area contributed by atoms with Gasteiger partial charge in [0.05, 0.1) is 4.90 Å². The molecule has 9 heteroatoms. The molecular formula is C16H23BrN2O5S. The summed E-state index contributed by atoms with van der Waals surface area (Å²) < 4.78 is 33.4. The Bertz CT molecular complexity index is 711. The maximum absolute atomic E-state index is 12.5. The van der Waals surface area contributed by atoms with Crippen molar-refractivity contribution in [3.63, 3.8) is 0 Å². The molecule has 0 saturated carbocycles. The first kappa shape index (κ1) is 21.6. The van der Waals surface area contributed by atoms with E-state index in [9.17, 15) is 18.0 Å². The fourth-order valence-electron chi connectivity index (χ4n) is 1.86. The molecule has 140 valence electrons. The molecule has 0 radical (unpaired) electrons. The van der Waals surface area contributed by atoms with Gasteiger partial charge in [-0.1, -0.05) is 15.9 Å². The Morgan fingerprint density at radius 3 is 2.24 bits per heavy atom. The van der Waals surface area contributed by atoms with Crippen LogP contribution in [-0.4, -0.2) is 38.5 Å². The van der Waals surface area contributed by atoms with Crippen LogP contribution in [0.15, 0.2) is 33.6 Å². The molecule has 0 aliphatic rings. The summed E-state index contributed by atoms with van der Waals surface area (Å²) in [7, 11) is -3.91. The molecule has 0 aliphatic carbocycles. The highest BCUT2D eigenvalue weighted by atomic mass is 79.9. The number of carbonyl (C=O) groups excluding carboxylic acids is 2. The lowest BCUT2D eigenvalue weighted by atomic mass is 10.1. The van der Waals surface area contributed by atoms with Crippen LogP contribution in [-0.2, 0) is 24.3 Å². The van der Waals surface area contributed by atoms with E-state index in [1.807, 2.05) is 0 Å². The van der Waals surface area contributed by atoms with E-state index in [1.54, 1.807) is 32.9 Å². The van der Waals surface area contributed by atoms with Crippen molar-refractivity contribution in [2.24, 2.45) is 0 Å². The third-order valence-electron chi connectivity index (χ3n) is 2.92. The minimum Gasteiger partial charge on any atom is -0.459 e. The fraction of sp³-hybridized carbons (Fsp3) is 0.500. The Labute approximate surface area is 156 Å². The molecule has 2 N–H and O–H groups in total. The zero-order valence-corrected chi connectivity index (χ0v) is 17.0. The summed E-state index contributed by atoms with van der Waals surface area (Å²) in [5, 5.41) is 2.54. The molecule has 1 amide bonds. The van der Waals surface area contributed by atoms with Crippen molar-refractivity contribution in [3.05, 3.63) is 28.7 Å². The number of benzene rings is 1. The van der Waals surface area contributed by atoms with Crippen LogP contribution in [0.4, 0.5) is 0 Å². The monoisotopic (exact) mass is 434 g/mol. The van der Waals surface area contributed by atoms with E-state index in [4.69, 9.17) is 4.74 Å². The number of hydrogen-bond acceptors (Lipinski definition) is 5. The number of hydrogen-bond donors (Lipinski definition) is 2. The van der Waals surface area contributed by atoms with Gasteiger partial charge in [-0.15, -0.1) is 0 Å². The van der Waals surface area contributed by atoms with E-state index in [0.29, 0.717) is 0 Å². The van der Waals surface area contributed by atoms with Crippen molar-refractivity contribution in [2.45, 2.75) is 50.7 Å². The van der Waals surface area contributed by atoms with Gasteiger partial charge in [-0.05, 0) is 51.5 Å². The number of nitrogens with one attached hydrogen (secondary N) is 2. The highest BCUT2D eigenvalue weighted by Crippen LogP contribution is 2.16. The second kappa shape index (κ2) is 8.77. The van der Waals surface area contributed by atoms with Crippen molar-refractivity contribution in [1.29, 1.82) is 0 Å². The number of sulfonamides is 1. The lowest BCUT2D eigenvalue weighted by Crippen LogP contribution is -2.45. The molecular weight excluding hydrogens is 412 g/mol. The molecule has 1 aromatic rings. The van der Waals surface area contributed by atoms with Crippen molar-refractivity contribution in [3.8, 4) is 0 Å². The number of halogens is 1. The summed E-state index contributed by atoms with van der Waals surface area (Å²) in [6, 6.07) is 4.92. The van der Waals surface area contributed by atoms with Gasteiger partial charge in [-0.2, -0.15) is 4.72 Å². The van der Waals surface area contributed by atoms with Crippen LogP contribution in [0.1, 0.15) is 34.1 Å². The first-order chi connectivity index (χ1) is 11.4. The number of ether oxygens (including phenoxy) is 1. The third kappa shape index (κ3) is 7.98. The van der Waals surface area contributed by atoms with Gasteiger partial charge in [0.2, 0.25) is 15.9 Å². The average molecular weight is 435 g/mol. The van der Waals surface area contributed by atoms with E-state index >= 15 is 0 Å². The van der Waals surface area contributed by atoms with Gasteiger partial charge in [-0.3, -0.25) is 9.59 Å². The Balaban J connectivity index is 2.95. The zero-order valence-electron chi connectivity index (χ0n) is 14.6. The lowest BCUT2D eigenvalue weighted by molar-refractivity contribution is -0.157. The van der Waals surface area contributed by atoms with Gasteiger partial charge in [0, 0.05) is 17.9 Å². The van der Waals surface area contributed by atoms with E-state index in [1.165, 1.54) is 19.1 Å². The molecule has 0 unspecified atom stereocenters. The number of esters is 1. The molecule has 0 fully saturated rings. The summed E-state index contributed by atoms with van der Waals surface area (Å²) in [4.78, 5) is 23.4. The number of rotatable bonds is 7. The van der Waals surface area contributed by atoms with Crippen LogP contribution in [0.5, 0.6) is 0 Å². The Morgan fingerprint density at radius 1 is 1.20 bits per heavy atom. The topological polar surface area (TPSA) is 102 Å². The highest BCUT2D eigenvalue weighted by Gasteiger charge is 2.29. The quantitative estimate of drug-likeness (QED) is 0.638. The van der Waals surface area contributed by atoms with Crippen LogP contribution in [0.3, 0.4) is 0 Å². The number of amides is 1. The molecule has 1 aromatic carbocycles. The van der Waals surface area contributed by atoms with Crippen molar-refractivity contribution in [2.75, 3.05) is 6.54 Å². The molecule has 0 saturated heterocycles. The van der Waals surface area contributed by atoms with Gasteiger partial charge < -0.3 is 10.1 Å². The lowest BCUT2D eigenvalue weighted by Gasteiger charge is -2.24. The summed E-state index contributed by atoms with van der Waals surface area (Å²) in [6.45, 7) is 6.56. The van der Waals surface area contributed by atoms with E-state index in [2.05, 4.69) is 26.0 Å². The fourth-order valence-corrected chi connectivity index (χ4v) is 3.34. The second-order valence-electron chi connectivity index (χ2n) is 6.43. The second-order valence-corrected chi connectivity index (χ2v) is 9.06. The average Bonchev–Trinajstić information content (AvgIpc) is 2.44. The van der Waals surface area contributed by atoms with Gasteiger partial charge in [0.25, 0.3) is 0 Å². The minimum absolute atomic E-state index is 0.0313. The predicted molar refractivity (Wildman–Crippen MR) is 97.4 cm³/mol. The van der Waals surface area contributed by atoms with Crippen molar-refractivity contribution < 1.29 is 22.7 Å². The molecule has 0 aromatic heterocycles. The Kier molecular flexibility index (Phi) is 7.58. The predicted octanol–water partition coefficient (Wildman–Crippen LogP) is 1.96. The molecule has 0 bridgehead atoms. The third-order valence-corrected chi connectivity index (χ3v) is 4.94. The summed E-state index contributed by atoms with van der Waals surface area (Å²) >= 11 is 3.24. The van der Waals surface area contributed by atoms with Gasteiger partial charge in [0.1, 0.15) is 11.6 Å². The maximum Gasteiger partial charge on any atom is 0.324 e. The molecule has 1 atom stereocenters. The van der Waals surface area contributed by atoms with Crippen LogP contribution < -0.4 is 10.0 Å². The normalized spacial score (nSPS) is 13.2. The molecule has 1 rings (SSSR count). The molecule has 25 heavy (non-hydrogen) atoms. The molecule has 0 spiro atoms.